The molecule has 0 fully saturated rings. The van der Waals surface area contributed by atoms with Crippen molar-refractivity contribution in [1.82, 2.24) is 16.0 Å². The zero-order valence-electron chi connectivity index (χ0n) is 15.4. The van der Waals surface area contributed by atoms with Gasteiger partial charge in [0.05, 0.1) is 0 Å². The molecule has 0 radical (unpaired) electrons. The number of benzene rings is 2. The predicted molar refractivity (Wildman–Crippen MR) is 104 cm³/mol. The summed E-state index contributed by atoms with van der Waals surface area (Å²) in [5.41, 5.74) is 2.10. The minimum Gasteiger partial charge on any atom is -0.338 e. The molecule has 0 aliphatic heterocycles. The van der Waals surface area contributed by atoms with Gasteiger partial charge in [-0.2, -0.15) is 0 Å². The van der Waals surface area contributed by atoms with E-state index in [9.17, 15) is 9.59 Å². The molecule has 2 aromatic rings. The molecule has 2 rings (SSSR count). The fourth-order valence-corrected chi connectivity index (χ4v) is 2.75. The van der Waals surface area contributed by atoms with E-state index in [1.165, 1.54) is 5.56 Å². The third-order valence-corrected chi connectivity index (χ3v) is 4.13. The van der Waals surface area contributed by atoms with E-state index < -0.39 is 12.1 Å². The molecule has 138 valence electrons. The average molecular weight is 353 g/mol. The third kappa shape index (κ3) is 6.33. The van der Waals surface area contributed by atoms with E-state index in [0.717, 1.165) is 18.4 Å². The Morgan fingerprint density at radius 3 is 2.19 bits per heavy atom. The highest BCUT2D eigenvalue weighted by Gasteiger charge is 2.23. The number of carbonyl (C=O) groups is 2. The Hall–Kier alpha value is -2.66. The van der Waals surface area contributed by atoms with Gasteiger partial charge < -0.3 is 5.32 Å². The molecule has 0 aliphatic carbocycles. The lowest BCUT2D eigenvalue weighted by Gasteiger charge is -2.23. The number of urea groups is 1. The van der Waals surface area contributed by atoms with Crippen molar-refractivity contribution in [1.29, 1.82) is 0 Å². The van der Waals surface area contributed by atoms with Crippen molar-refractivity contribution in [3.63, 3.8) is 0 Å². The Labute approximate surface area is 155 Å². The Kier molecular flexibility index (Phi) is 7.83. The quantitative estimate of drug-likeness (QED) is 0.683. The Bertz CT molecular complexity index is 689. The smallest absolute Gasteiger partial charge is 0.321 e. The molecule has 0 unspecified atom stereocenters. The second kappa shape index (κ2) is 10.4. The Morgan fingerprint density at radius 2 is 1.58 bits per heavy atom. The van der Waals surface area contributed by atoms with E-state index in [-0.39, 0.29) is 11.9 Å². The summed E-state index contributed by atoms with van der Waals surface area (Å²) in [7, 11) is 0. The standard InChI is InChI=1S/C21H27N3O2/c1-3-22-21(26)24-20(25)19(18-12-8-5-9-13-18)23-16(2)14-15-17-10-6-4-7-11-17/h4-13,16,19,23H,3,14-15H2,1-2H3,(H2,22,24,25,26)/t16-,19-/m0/s1. The van der Waals surface area contributed by atoms with Crippen molar-refractivity contribution in [3.05, 3.63) is 71.8 Å². The van der Waals surface area contributed by atoms with Gasteiger partial charge in [0.25, 0.3) is 0 Å². The largest absolute Gasteiger partial charge is 0.338 e. The van der Waals surface area contributed by atoms with Gasteiger partial charge in [-0.15, -0.1) is 0 Å². The fourth-order valence-electron chi connectivity index (χ4n) is 2.75. The molecule has 0 saturated carbocycles. The van der Waals surface area contributed by atoms with Crippen LogP contribution in [0.25, 0.3) is 0 Å². The van der Waals surface area contributed by atoms with Crippen molar-refractivity contribution in [2.75, 3.05) is 6.54 Å². The fraction of sp³-hybridized carbons (Fsp3) is 0.333. The average Bonchev–Trinajstić information content (AvgIpc) is 2.66. The summed E-state index contributed by atoms with van der Waals surface area (Å²) in [6.07, 6.45) is 1.82. The van der Waals surface area contributed by atoms with Crippen molar-refractivity contribution in [3.8, 4) is 0 Å². The van der Waals surface area contributed by atoms with Crippen molar-refractivity contribution < 1.29 is 9.59 Å². The number of nitrogens with one attached hydrogen (secondary N) is 3. The van der Waals surface area contributed by atoms with Crippen LogP contribution >= 0.6 is 0 Å². The molecule has 0 bridgehead atoms. The number of hydrogen-bond donors (Lipinski definition) is 3. The van der Waals surface area contributed by atoms with E-state index in [0.29, 0.717) is 6.54 Å². The highest BCUT2D eigenvalue weighted by atomic mass is 16.2. The second-order valence-corrected chi connectivity index (χ2v) is 6.28. The molecule has 0 spiro atoms. The number of aryl methyl sites for hydroxylation is 1. The minimum absolute atomic E-state index is 0.111. The lowest BCUT2D eigenvalue weighted by molar-refractivity contribution is -0.122. The van der Waals surface area contributed by atoms with Crippen molar-refractivity contribution in [2.45, 2.75) is 38.8 Å². The molecule has 3 amide bonds. The van der Waals surface area contributed by atoms with Gasteiger partial charge in [-0.1, -0.05) is 60.7 Å². The summed E-state index contributed by atoms with van der Waals surface area (Å²) in [5.74, 6) is -0.353. The maximum absolute atomic E-state index is 12.6. The van der Waals surface area contributed by atoms with Crippen LogP contribution < -0.4 is 16.0 Å². The lowest BCUT2D eigenvalue weighted by Crippen LogP contribution is -2.46. The topological polar surface area (TPSA) is 70.2 Å². The van der Waals surface area contributed by atoms with Gasteiger partial charge in [0.2, 0.25) is 5.91 Å². The monoisotopic (exact) mass is 353 g/mol. The van der Waals surface area contributed by atoms with E-state index in [1.807, 2.05) is 55.5 Å². The summed E-state index contributed by atoms with van der Waals surface area (Å²) < 4.78 is 0. The Balaban J connectivity index is 2.01. The first-order valence-corrected chi connectivity index (χ1v) is 9.03. The minimum atomic E-state index is -0.579. The molecule has 3 N–H and O–H groups in total. The highest BCUT2D eigenvalue weighted by Crippen LogP contribution is 2.15. The van der Waals surface area contributed by atoms with Crippen LogP contribution in [0, 0.1) is 0 Å². The van der Waals surface area contributed by atoms with Gasteiger partial charge in [0.1, 0.15) is 6.04 Å². The zero-order chi connectivity index (χ0) is 18.8. The molecular formula is C21H27N3O2. The van der Waals surface area contributed by atoms with Crippen LogP contribution in [0.2, 0.25) is 0 Å². The molecular weight excluding hydrogens is 326 g/mol. The SMILES string of the molecule is CCNC(=O)NC(=O)[C@@H](N[C@@H](C)CCc1ccccc1)c1ccccc1. The van der Waals surface area contributed by atoms with Crippen LogP contribution in [0.3, 0.4) is 0 Å². The number of imide groups is 1. The maximum Gasteiger partial charge on any atom is 0.321 e. The number of carbonyl (C=O) groups excluding carboxylic acids is 2. The van der Waals surface area contributed by atoms with E-state index in [2.05, 4.69) is 35.0 Å². The second-order valence-electron chi connectivity index (χ2n) is 6.28. The van der Waals surface area contributed by atoms with Crippen molar-refractivity contribution in [2.24, 2.45) is 0 Å². The highest BCUT2D eigenvalue weighted by molar-refractivity contribution is 5.97. The summed E-state index contributed by atoms with van der Waals surface area (Å²) in [6, 6.07) is 18.8. The summed E-state index contributed by atoms with van der Waals surface area (Å²) in [6.45, 7) is 4.33. The Morgan fingerprint density at radius 1 is 0.962 bits per heavy atom. The molecule has 2 aromatic carbocycles. The van der Waals surface area contributed by atoms with Crippen LogP contribution in [0.5, 0.6) is 0 Å². The zero-order valence-corrected chi connectivity index (χ0v) is 15.4. The van der Waals surface area contributed by atoms with Crippen LogP contribution in [-0.2, 0) is 11.2 Å². The summed E-state index contributed by atoms with van der Waals surface area (Å²) in [5, 5.41) is 8.35. The molecule has 5 nitrogen and oxygen atoms in total. The molecule has 0 aromatic heterocycles. The van der Waals surface area contributed by atoms with E-state index in [4.69, 9.17) is 0 Å². The molecule has 26 heavy (non-hydrogen) atoms. The molecule has 2 atom stereocenters. The van der Waals surface area contributed by atoms with Gasteiger partial charge in [0.15, 0.2) is 0 Å². The summed E-state index contributed by atoms with van der Waals surface area (Å²) >= 11 is 0. The normalized spacial score (nSPS) is 12.8. The molecule has 0 aliphatic rings. The van der Waals surface area contributed by atoms with E-state index in [1.54, 1.807) is 0 Å². The first-order chi connectivity index (χ1) is 12.6. The number of hydrogen-bond acceptors (Lipinski definition) is 3. The number of amides is 3. The number of rotatable bonds is 8. The van der Waals surface area contributed by atoms with Crippen LogP contribution in [-0.4, -0.2) is 24.5 Å². The predicted octanol–water partition coefficient (Wildman–Crippen LogP) is 3.18. The van der Waals surface area contributed by atoms with Crippen LogP contribution in [0.4, 0.5) is 4.79 Å². The van der Waals surface area contributed by atoms with Gasteiger partial charge in [-0.3, -0.25) is 15.4 Å². The third-order valence-electron chi connectivity index (χ3n) is 4.13. The van der Waals surface area contributed by atoms with Gasteiger partial charge in [-0.05, 0) is 37.8 Å². The first-order valence-electron chi connectivity index (χ1n) is 9.03. The summed E-state index contributed by atoms with van der Waals surface area (Å²) in [4.78, 5) is 24.3. The maximum atomic E-state index is 12.6. The van der Waals surface area contributed by atoms with Crippen LogP contribution in [0.1, 0.15) is 37.4 Å². The molecule has 0 saturated heterocycles. The first kappa shape index (κ1) is 19.7. The van der Waals surface area contributed by atoms with Gasteiger partial charge in [0, 0.05) is 12.6 Å². The molecule has 5 heteroatoms. The lowest BCUT2D eigenvalue weighted by atomic mass is 10.0. The van der Waals surface area contributed by atoms with Gasteiger partial charge in [-0.25, -0.2) is 4.79 Å². The molecule has 0 heterocycles. The van der Waals surface area contributed by atoms with E-state index >= 15 is 0 Å². The van der Waals surface area contributed by atoms with Crippen LogP contribution in [0.15, 0.2) is 60.7 Å². The van der Waals surface area contributed by atoms with Crippen molar-refractivity contribution >= 4 is 11.9 Å². The van der Waals surface area contributed by atoms with Gasteiger partial charge >= 0.3 is 6.03 Å².